The van der Waals surface area contributed by atoms with Crippen LogP contribution < -0.4 is 11.5 Å². The molecule has 0 fully saturated rings. The minimum Gasteiger partial charge on any atom is -0.330 e. The van der Waals surface area contributed by atoms with E-state index in [1.54, 1.807) is 6.21 Å². The minimum absolute atomic E-state index is 0.207. The van der Waals surface area contributed by atoms with Gasteiger partial charge in [-0.15, -0.1) is 0 Å². The molecule has 0 aliphatic rings. The summed E-state index contributed by atoms with van der Waals surface area (Å²) < 4.78 is 0. The molecule has 4 nitrogen and oxygen atoms in total. The van der Waals surface area contributed by atoms with Gasteiger partial charge in [0, 0.05) is 6.21 Å². The van der Waals surface area contributed by atoms with Crippen molar-refractivity contribution in [1.82, 2.24) is 0 Å². The number of unbranched alkanes of at least 4 members (excludes halogenated alkanes) is 1. The highest BCUT2D eigenvalue weighted by molar-refractivity contribution is 5.88. The van der Waals surface area contributed by atoms with Crippen molar-refractivity contribution < 1.29 is 0 Å². The molecule has 0 spiro atoms. The van der Waals surface area contributed by atoms with Crippen LogP contribution in [0.3, 0.4) is 0 Å². The minimum atomic E-state index is 0.207. The number of hydrogen-bond donors (Lipinski definition) is 3. The van der Waals surface area contributed by atoms with Crippen LogP contribution >= 0.6 is 0 Å². The summed E-state index contributed by atoms with van der Waals surface area (Å²) in [6.07, 6.45) is 3.43. The van der Waals surface area contributed by atoms with Crippen molar-refractivity contribution in [2.45, 2.75) is 12.8 Å². The Balaban J connectivity index is 3.27. The first-order chi connectivity index (χ1) is 4.81. The molecule has 10 heavy (non-hydrogen) atoms. The van der Waals surface area contributed by atoms with Gasteiger partial charge in [-0.25, -0.2) is 4.99 Å². The normalized spacial score (nSPS) is 10.6. The van der Waals surface area contributed by atoms with E-state index in [-0.39, 0.29) is 12.4 Å². The zero-order valence-electron chi connectivity index (χ0n) is 6.01. The van der Waals surface area contributed by atoms with Crippen LogP contribution in [0.2, 0.25) is 0 Å². The summed E-state index contributed by atoms with van der Waals surface area (Å²) in [4.78, 5) is 3.76. The second-order valence-electron chi connectivity index (χ2n) is 1.89. The highest BCUT2D eigenvalue weighted by Crippen LogP contribution is 1.80. The van der Waals surface area contributed by atoms with Crippen LogP contribution in [0.4, 0.5) is 0 Å². The molecule has 0 radical (unpaired) electrons. The first-order valence-electron chi connectivity index (χ1n) is 3.31. The molecule has 0 rings (SSSR count). The number of hydrogen-bond acceptors (Lipinski definition) is 3. The molecule has 0 amide bonds. The maximum atomic E-state index is 7.02. The van der Waals surface area contributed by atoms with Crippen LogP contribution in [-0.4, -0.2) is 25.1 Å². The van der Waals surface area contributed by atoms with Crippen molar-refractivity contribution in [3.05, 3.63) is 0 Å². The first-order valence-corrected chi connectivity index (χ1v) is 3.31. The van der Waals surface area contributed by atoms with Gasteiger partial charge >= 0.3 is 0 Å². The Morgan fingerprint density at radius 2 is 2.20 bits per heavy atom. The molecule has 4 heteroatoms. The second-order valence-corrected chi connectivity index (χ2v) is 1.89. The maximum Gasteiger partial charge on any atom is 0.133 e. The lowest BCUT2D eigenvalue weighted by Crippen LogP contribution is -2.09. The highest BCUT2D eigenvalue weighted by Gasteiger charge is 1.83. The number of nitrogens with zero attached hydrogens (tertiary/aromatic N) is 1. The van der Waals surface area contributed by atoms with Gasteiger partial charge in [0.1, 0.15) is 5.84 Å². The Morgan fingerprint density at radius 1 is 1.50 bits per heavy atom. The summed E-state index contributed by atoms with van der Waals surface area (Å²) in [5, 5.41) is 7.02. The van der Waals surface area contributed by atoms with E-state index in [0.717, 1.165) is 12.8 Å². The summed E-state index contributed by atoms with van der Waals surface area (Å²) in [6.45, 7) is 0.876. The molecule has 0 aliphatic heterocycles. The summed E-state index contributed by atoms with van der Waals surface area (Å²) in [5.41, 5.74) is 10.4. The molecule has 0 saturated carbocycles. The quantitative estimate of drug-likeness (QED) is 0.286. The van der Waals surface area contributed by atoms with E-state index in [1.165, 1.54) is 0 Å². The van der Waals surface area contributed by atoms with E-state index in [1.807, 2.05) is 0 Å². The van der Waals surface area contributed by atoms with Crippen molar-refractivity contribution >= 4 is 12.1 Å². The van der Waals surface area contributed by atoms with Crippen molar-refractivity contribution in [2.24, 2.45) is 16.5 Å². The van der Waals surface area contributed by atoms with Gasteiger partial charge in [-0.1, -0.05) is 0 Å². The molecule has 5 N–H and O–H groups in total. The predicted molar refractivity (Wildman–Crippen MR) is 43.6 cm³/mol. The monoisotopic (exact) mass is 142 g/mol. The van der Waals surface area contributed by atoms with Gasteiger partial charge in [0.05, 0.1) is 6.54 Å². The topological polar surface area (TPSA) is 88.2 Å². The molecule has 0 aromatic rings. The van der Waals surface area contributed by atoms with Crippen molar-refractivity contribution in [3.8, 4) is 0 Å². The Bertz CT molecular complexity index is 119. The number of rotatable bonds is 4. The summed E-state index contributed by atoms with van der Waals surface area (Å²) in [7, 11) is 0. The van der Waals surface area contributed by atoms with Gasteiger partial charge in [-0.2, -0.15) is 0 Å². The van der Waals surface area contributed by atoms with E-state index in [4.69, 9.17) is 16.9 Å². The smallest absolute Gasteiger partial charge is 0.133 e. The first kappa shape index (κ1) is 9.26. The SMILES string of the molecule is N=C(CN)N=CCCCN. The van der Waals surface area contributed by atoms with Crippen molar-refractivity contribution in [1.29, 1.82) is 5.41 Å². The standard InChI is InChI=1S/C6H14N4/c7-3-1-2-4-10-6(9)5-8/h4,9H,1-3,5,7-8H2. The fourth-order valence-corrected chi connectivity index (χ4v) is 0.437. The van der Waals surface area contributed by atoms with E-state index >= 15 is 0 Å². The Hall–Kier alpha value is -0.740. The molecule has 0 aliphatic carbocycles. The van der Waals surface area contributed by atoms with Gasteiger partial charge in [0.25, 0.3) is 0 Å². The summed E-state index contributed by atoms with van der Waals surface area (Å²) in [5.74, 6) is 0.219. The van der Waals surface area contributed by atoms with E-state index in [9.17, 15) is 0 Å². The molecule has 0 heterocycles. The number of nitrogens with two attached hydrogens (primary N) is 2. The average molecular weight is 142 g/mol. The Kier molecular flexibility index (Phi) is 5.91. The number of aliphatic imine (C=N–C) groups is 1. The molecule has 0 unspecified atom stereocenters. The second kappa shape index (κ2) is 6.38. The molecule has 0 atom stereocenters. The van der Waals surface area contributed by atoms with Crippen molar-refractivity contribution in [2.75, 3.05) is 13.1 Å². The molecular formula is C6H14N4. The number of amidine groups is 1. The van der Waals surface area contributed by atoms with Crippen LogP contribution in [0.5, 0.6) is 0 Å². The van der Waals surface area contributed by atoms with Crippen molar-refractivity contribution in [3.63, 3.8) is 0 Å². The molecule has 0 aromatic carbocycles. The number of nitrogens with one attached hydrogen (secondary N) is 1. The third-order valence-corrected chi connectivity index (χ3v) is 0.978. The van der Waals surface area contributed by atoms with Gasteiger partial charge in [-0.3, -0.25) is 5.41 Å². The third kappa shape index (κ3) is 5.40. The van der Waals surface area contributed by atoms with Crippen LogP contribution in [0.1, 0.15) is 12.8 Å². The van der Waals surface area contributed by atoms with Gasteiger partial charge in [0.15, 0.2) is 0 Å². The zero-order valence-corrected chi connectivity index (χ0v) is 6.01. The van der Waals surface area contributed by atoms with Crippen LogP contribution in [0, 0.1) is 5.41 Å². The maximum absolute atomic E-state index is 7.02. The Morgan fingerprint density at radius 3 is 2.70 bits per heavy atom. The average Bonchev–Trinajstić information content (AvgIpc) is 1.98. The highest BCUT2D eigenvalue weighted by atomic mass is 14.8. The fourth-order valence-electron chi connectivity index (χ4n) is 0.437. The lowest BCUT2D eigenvalue weighted by Gasteiger charge is -1.89. The summed E-state index contributed by atoms with van der Waals surface area (Å²) >= 11 is 0. The fraction of sp³-hybridized carbons (Fsp3) is 0.667. The largest absolute Gasteiger partial charge is 0.330 e. The van der Waals surface area contributed by atoms with Crippen LogP contribution in [0.15, 0.2) is 4.99 Å². The molecule has 0 saturated heterocycles. The lowest BCUT2D eigenvalue weighted by molar-refractivity contribution is 0.886. The molecular weight excluding hydrogens is 128 g/mol. The van der Waals surface area contributed by atoms with Gasteiger partial charge in [0.2, 0.25) is 0 Å². The molecule has 0 bridgehead atoms. The summed E-state index contributed by atoms with van der Waals surface area (Å²) in [6, 6.07) is 0. The Labute approximate surface area is 60.8 Å². The van der Waals surface area contributed by atoms with E-state index in [0.29, 0.717) is 6.54 Å². The zero-order chi connectivity index (χ0) is 7.82. The van der Waals surface area contributed by atoms with E-state index < -0.39 is 0 Å². The molecule has 58 valence electrons. The lowest BCUT2D eigenvalue weighted by atomic mass is 10.3. The third-order valence-electron chi connectivity index (χ3n) is 0.978. The van der Waals surface area contributed by atoms with Gasteiger partial charge in [-0.05, 0) is 19.4 Å². The van der Waals surface area contributed by atoms with E-state index in [2.05, 4.69) is 4.99 Å². The predicted octanol–water partition coefficient (Wildman–Crippen LogP) is -0.268. The molecule has 0 aromatic heterocycles. The van der Waals surface area contributed by atoms with Gasteiger partial charge < -0.3 is 11.5 Å². The van der Waals surface area contributed by atoms with Crippen LogP contribution in [0.25, 0.3) is 0 Å². The van der Waals surface area contributed by atoms with Crippen LogP contribution in [-0.2, 0) is 0 Å².